The smallest absolute Gasteiger partial charge is 0.370 e. The minimum Gasteiger partial charge on any atom is -0.370 e. The number of pyridine rings is 1. The van der Waals surface area contributed by atoms with Gasteiger partial charge in [0.25, 0.3) is 0 Å². The van der Waals surface area contributed by atoms with E-state index in [9.17, 15) is 13.2 Å². The van der Waals surface area contributed by atoms with E-state index >= 15 is 0 Å². The summed E-state index contributed by atoms with van der Waals surface area (Å²) in [4.78, 5) is 7.69. The second-order valence-electron chi connectivity index (χ2n) is 5.99. The summed E-state index contributed by atoms with van der Waals surface area (Å²) in [7, 11) is 0. The van der Waals surface area contributed by atoms with Gasteiger partial charge in [0.05, 0.1) is 12.2 Å². The van der Waals surface area contributed by atoms with Crippen LogP contribution in [0.15, 0.2) is 41.4 Å². The van der Waals surface area contributed by atoms with E-state index in [0.717, 1.165) is 31.0 Å². The molecular formula is C18H19F3N4. The summed E-state index contributed by atoms with van der Waals surface area (Å²) in [6.07, 6.45) is -0.109. The van der Waals surface area contributed by atoms with Gasteiger partial charge < -0.3 is 11.1 Å². The third kappa shape index (κ3) is 4.29. The van der Waals surface area contributed by atoms with Crippen LogP contribution in [-0.2, 0) is 25.6 Å². The summed E-state index contributed by atoms with van der Waals surface area (Å²) >= 11 is 0. The summed E-state index contributed by atoms with van der Waals surface area (Å²) in [6.45, 7) is -0.0161. The molecule has 0 amide bonds. The number of anilines is 1. The van der Waals surface area contributed by atoms with Crippen molar-refractivity contribution in [2.45, 2.75) is 38.4 Å². The number of rotatable bonds is 3. The van der Waals surface area contributed by atoms with Crippen LogP contribution in [0, 0.1) is 0 Å². The van der Waals surface area contributed by atoms with Crippen LogP contribution in [0.25, 0.3) is 0 Å². The van der Waals surface area contributed by atoms with E-state index in [1.165, 1.54) is 29.7 Å². The summed E-state index contributed by atoms with van der Waals surface area (Å²) in [5, 5.41) is 3.06. The third-order valence-electron chi connectivity index (χ3n) is 4.17. The topological polar surface area (TPSA) is 63.3 Å². The number of nitrogens with one attached hydrogen (secondary N) is 1. The predicted octanol–water partition coefficient (Wildman–Crippen LogP) is 3.91. The Hall–Kier alpha value is -2.57. The average Bonchev–Trinajstić information content (AvgIpc) is 2.60. The number of nitrogens with two attached hydrogens (primary N) is 1. The molecule has 1 aromatic heterocycles. The molecule has 0 saturated carbocycles. The number of benzene rings is 1. The number of aromatic nitrogens is 1. The minimum absolute atomic E-state index is 0.0161. The number of guanidine groups is 1. The van der Waals surface area contributed by atoms with E-state index < -0.39 is 11.9 Å². The second-order valence-corrected chi connectivity index (χ2v) is 5.99. The van der Waals surface area contributed by atoms with E-state index in [1.807, 2.05) is 12.1 Å². The lowest BCUT2D eigenvalue weighted by atomic mass is 9.90. The first-order chi connectivity index (χ1) is 11.9. The lowest BCUT2D eigenvalue weighted by molar-refractivity contribution is -0.141. The molecule has 4 nitrogen and oxygen atoms in total. The minimum atomic E-state index is -4.47. The van der Waals surface area contributed by atoms with E-state index in [0.29, 0.717) is 0 Å². The number of alkyl halides is 3. The first kappa shape index (κ1) is 17.3. The van der Waals surface area contributed by atoms with Crippen LogP contribution < -0.4 is 11.1 Å². The van der Waals surface area contributed by atoms with Crippen molar-refractivity contribution in [1.82, 2.24) is 4.98 Å². The van der Waals surface area contributed by atoms with Gasteiger partial charge in [0.15, 0.2) is 5.96 Å². The molecule has 0 bridgehead atoms. The number of hydrogen-bond donors (Lipinski definition) is 2. The highest BCUT2D eigenvalue weighted by Crippen LogP contribution is 2.28. The quantitative estimate of drug-likeness (QED) is 0.653. The second kappa shape index (κ2) is 7.13. The Labute approximate surface area is 144 Å². The lowest BCUT2D eigenvalue weighted by Gasteiger charge is -2.19. The zero-order valence-corrected chi connectivity index (χ0v) is 13.6. The van der Waals surface area contributed by atoms with Crippen molar-refractivity contribution in [3.8, 4) is 0 Å². The van der Waals surface area contributed by atoms with Crippen molar-refractivity contribution in [2.24, 2.45) is 10.7 Å². The van der Waals surface area contributed by atoms with Gasteiger partial charge in [-0.3, -0.25) is 0 Å². The zero-order valence-electron chi connectivity index (χ0n) is 13.6. The van der Waals surface area contributed by atoms with E-state index in [4.69, 9.17) is 5.73 Å². The molecule has 1 aliphatic rings. The van der Waals surface area contributed by atoms with Crippen molar-refractivity contribution in [3.63, 3.8) is 0 Å². The fraction of sp³-hybridized carbons (Fsp3) is 0.333. The van der Waals surface area contributed by atoms with Crippen molar-refractivity contribution >= 4 is 11.6 Å². The highest BCUT2D eigenvalue weighted by Gasteiger charge is 2.32. The van der Waals surface area contributed by atoms with E-state index in [-0.39, 0.29) is 18.2 Å². The Morgan fingerprint density at radius 1 is 1.12 bits per heavy atom. The maximum atomic E-state index is 12.7. The first-order valence-electron chi connectivity index (χ1n) is 8.14. The van der Waals surface area contributed by atoms with Gasteiger partial charge in [0.1, 0.15) is 5.69 Å². The molecule has 25 heavy (non-hydrogen) atoms. The van der Waals surface area contributed by atoms with Gasteiger partial charge in [-0.2, -0.15) is 13.2 Å². The molecule has 0 saturated heterocycles. The third-order valence-corrected chi connectivity index (χ3v) is 4.17. The molecule has 3 N–H and O–H groups in total. The van der Waals surface area contributed by atoms with Gasteiger partial charge in [-0.25, -0.2) is 9.98 Å². The molecule has 0 aliphatic heterocycles. The van der Waals surface area contributed by atoms with Crippen LogP contribution in [0.2, 0.25) is 0 Å². The van der Waals surface area contributed by atoms with E-state index in [1.54, 1.807) is 0 Å². The van der Waals surface area contributed by atoms with Crippen LogP contribution >= 0.6 is 0 Å². The number of nitrogens with zero attached hydrogens (tertiary/aromatic N) is 2. The lowest BCUT2D eigenvalue weighted by Crippen LogP contribution is -2.24. The fourth-order valence-electron chi connectivity index (χ4n) is 2.97. The average molecular weight is 348 g/mol. The van der Waals surface area contributed by atoms with Crippen molar-refractivity contribution in [2.75, 3.05) is 5.32 Å². The van der Waals surface area contributed by atoms with E-state index in [2.05, 4.69) is 21.4 Å². The van der Waals surface area contributed by atoms with Crippen LogP contribution in [-0.4, -0.2) is 10.9 Å². The summed E-state index contributed by atoms with van der Waals surface area (Å²) in [6, 6.07) is 9.77. The molecule has 1 heterocycles. The molecule has 0 fully saturated rings. The predicted molar refractivity (Wildman–Crippen MR) is 91.3 cm³/mol. The molecule has 132 valence electrons. The fourth-order valence-corrected chi connectivity index (χ4v) is 2.97. The van der Waals surface area contributed by atoms with Crippen LogP contribution in [0.1, 0.15) is 35.4 Å². The van der Waals surface area contributed by atoms with Crippen LogP contribution in [0.4, 0.5) is 18.9 Å². The molecule has 3 rings (SSSR count). The number of halogens is 3. The number of fused-ring (bicyclic) bond motifs is 1. The summed E-state index contributed by atoms with van der Waals surface area (Å²) in [5.41, 5.74) is 8.65. The molecule has 2 aromatic rings. The Bertz CT molecular complexity index is 784. The molecule has 1 aromatic carbocycles. The Morgan fingerprint density at radius 3 is 2.68 bits per heavy atom. The van der Waals surface area contributed by atoms with Gasteiger partial charge >= 0.3 is 6.18 Å². The first-order valence-corrected chi connectivity index (χ1v) is 8.14. The normalized spacial score (nSPS) is 14.9. The van der Waals surface area contributed by atoms with Gasteiger partial charge in [-0.05, 0) is 55.0 Å². The molecule has 0 spiro atoms. The Balaban J connectivity index is 1.71. The molecular weight excluding hydrogens is 329 g/mol. The standard InChI is InChI=1S/C18H19F3N4/c19-18(20,21)16-10-4-7-13(24-16)11-23-17(22)25-15-9-3-6-12-5-1-2-8-14(12)15/h3-4,6-7,9-10H,1-2,5,8,11H2,(H3,22,23,25). The molecule has 0 atom stereocenters. The molecule has 0 unspecified atom stereocenters. The van der Waals surface area contributed by atoms with Crippen LogP contribution in [0.3, 0.4) is 0 Å². The number of aliphatic imine (C=N–C) groups is 1. The molecule has 1 aliphatic carbocycles. The van der Waals surface area contributed by atoms with Crippen molar-refractivity contribution < 1.29 is 13.2 Å². The van der Waals surface area contributed by atoms with Crippen LogP contribution in [0.5, 0.6) is 0 Å². The Kier molecular flexibility index (Phi) is 4.92. The summed E-state index contributed by atoms with van der Waals surface area (Å²) in [5.74, 6) is 0.165. The van der Waals surface area contributed by atoms with Gasteiger partial charge in [-0.15, -0.1) is 0 Å². The monoisotopic (exact) mass is 348 g/mol. The van der Waals surface area contributed by atoms with Crippen molar-refractivity contribution in [3.05, 3.63) is 58.9 Å². The van der Waals surface area contributed by atoms with Crippen molar-refractivity contribution in [1.29, 1.82) is 0 Å². The summed E-state index contributed by atoms with van der Waals surface area (Å²) < 4.78 is 38.0. The Morgan fingerprint density at radius 2 is 1.88 bits per heavy atom. The highest BCUT2D eigenvalue weighted by molar-refractivity contribution is 5.93. The zero-order chi connectivity index (χ0) is 17.9. The molecule has 0 radical (unpaired) electrons. The van der Waals surface area contributed by atoms with Gasteiger partial charge in [0, 0.05) is 5.69 Å². The largest absolute Gasteiger partial charge is 0.433 e. The number of hydrogen-bond acceptors (Lipinski definition) is 2. The number of aryl methyl sites for hydroxylation is 1. The highest BCUT2D eigenvalue weighted by atomic mass is 19.4. The SMILES string of the molecule is NC(=NCc1cccc(C(F)(F)F)n1)Nc1cccc2c1CCCC2. The van der Waals surface area contributed by atoms with Gasteiger partial charge in [0.2, 0.25) is 0 Å². The van der Waals surface area contributed by atoms with Gasteiger partial charge in [-0.1, -0.05) is 18.2 Å². The maximum absolute atomic E-state index is 12.7. The maximum Gasteiger partial charge on any atom is 0.433 e. The molecule has 7 heteroatoms.